The molecule has 1 aromatic carbocycles. The van der Waals surface area contributed by atoms with E-state index in [0.29, 0.717) is 11.6 Å². The number of aryl methyl sites for hydroxylation is 1. The summed E-state index contributed by atoms with van der Waals surface area (Å²) in [5.74, 6) is 1.07. The second kappa shape index (κ2) is 4.61. The molecule has 0 spiro atoms. The van der Waals surface area contributed by atoms with Gasteiger partial charge in [0.2, 0.25) is 0 Å². The van der Waals surface area contributed by atoms with Gasteiger partial charge in [-0.05, 0) is 36.6 Å². The van der Waals surface area contributed by atoms with Crippen LogP contribution in [-0.2, 0) is 13.0 Å². The lowest BCUT2D eigenvalue weighted by Gasteiger charge is -2.22. The lowest BCUT2D eigenvalue weighted by Crippen LogP contribution is -2.31. The molecule has 1 aromatic heterocycles. The zero-order valence-corrected chi connectivity index (χ0v) is 10.8. The van der Waals surface area contributed by atoms with Crippen molar-refractivity contribution < 1.29 is 4.39 Å². The Kier molecular flexibility index (Phi) is 2.93. The summed E-state index contributed by atoms with van der Waals surface area (Å²) < 4.78 is 14.7. The van der Waals surface area contributed by atoms with E-state index in [-0.39, 0.29) is 11.4 Å². The van der Waals surface area contributed by atoms with Gasteiger partial charge >= 0.3 is 0 Å². The van der Waals surface area contributed by atoms with Crippen molar-refractivity contribution in [3.05, 3.63) is 52.3 Å². The third-order valence-corrected chi connectivity index (χ3v) is 3.58. The van der Waals surface area contributed by atoms with Gasteiger partial charge < -0.3 is 0 Å². The average Bonchev–Trinajstić information content (AvgIpc) is 2.40. The first-order valence-electron chi connectivity index (χ1n) is 6.50. The predicted molar refractivity (Wildman–Crippen MR) is 71.4 cm³/mol. The van der Waals surface area contributed by atoms with Gasteiger partial charge in [0, 0.05) is 24.6 Å². The number of fused-ring (bicyclic) bond motifs is 1. The molecule has 0 radical (unpaired) electrons. The number of nitrogens with zero attached hydrogens (tertiary/aromatic N) is 2. The van der Waals surface area contributed by atoms with Crippen LogP contribution in [0.5, 0.6) is 0 Å². The Bertz CT molecular complexity index is 661. The fraction of sp³-hybridized carbons (Fsp3) is 0.333. The number of hydrogen-bond donors (Lipinski definition) is 0. The van der Waals surface area contributed by atoms with Crippen molar-refractivity contribution in [2.45, 2.75) is 26.3 Å². The summed E-state index contributed by atoms with van der Waals surface area (Å²) in [5.41, 5.74) is 1.39. The van der Waals surface area contributed by atoms with E-state index in [4.69, 9.17) is 0 Å². The Hall–Kier alpha value is -1.97. The molecule has 19 heavy (non-hydrogen) atoms. The molecule has 0 saturated carbocycles. The van der Waals surface area contributed by atoms with E-state index in [1.807, 2.05) is 0 Å². The molecule has 1 atom stereocenters. The topological polar surface area (TPSA) is 34.9 Å². The fourth-order valence-corrected chi connectivity index (χ4v) is 2.49. The van der Waals surface area contributed by atoms with Crippen LogP contribution in [0.4, 0.5) is 4.39 Å². The Morgan fingerprint density at radius 2 is 2.05 bits per heavy atom. The van der Waals surface area contributed by atoms with Crippen molar-refractivity contribution in [2.24, 2.45) is 5.92 Å². The van der Waals surface area contributed by atoms with Gasteiger partial charge in [-0.2, -0.15) is 0 Å². The Balaban J connectivity index is 2.07. The first-order chi connectivity index (χ1) is 9.13. The van der Waals surface area contributed by atoms with Crippen molar-refractivity contribution in [1.82, 2.24) is 9.55 Å². The maximum absolute atomic E-state index is 12.9. The van der Waals surface area contributed by atoms with Crippen LogP contribution in [-0.4, -0.2) is 9.55 Å². The average molecular weight is 258 g/mol. The molecule has 0 saturated heterocycles. The maximum Gasteiger partial charge on any atom is 0.254 e. The molecule has 0 amide bonds. The second-order valence-electron chi connectivity index (χ2n) is 5.16. The molecule has 3 nitrogen and oxygen atoms in total. The van der Waals surface area contributed by atoms with Gasteiger partial charge in [0.05, 0.1) is 5.69 Å². The maximum atomic E-state index is 12.9. The van der Waals surface area contributed by atoms with Crippen LogP contribution in [0.2, 0.25) is 0 Å². The smallest absolute Gasteiger partial charge is 0.254 e. The van der Waals surface area contributed by atoms with Crippen LogP contribution >= 0.6 is 0 Å². The molecule has 2 heterocycles. The molecule has 2 aromatic rings. The summed E-state index contributed by atoms with van der Waals surface area (Å²) in [6.07, 6.45) is 1.88. The van der Waals surface area contributed by atoms with Gasteiger partial charge in [-0.25, -0.2) is 9.37 Å². The highest BCUT2D eigenvalue weighted by atomic mass is 19.1. The minimum atomic E-state index is -0.285. The van der Waals surface area contributed by atoms with E-state index in [2.05, 4.69) is 11.9 Å². The number of aromatic nitrogens is 2. The molecule has 0 bridgehead atoms. The summed E-state index contributed by atoms with van der Waals surface area (Å²) in [6.45, 7) is 2.88. The van der Waals surface area contributed by atoms with Crippen LogP contribution in [0.1, 0.15) is 19.2 Å². The van der Waals surface area contributed by atoms with E-state index in [1.165, 1.54) is 18.2 Å². The van der Waals surface area contributed by atoms with Gasteiger partial charge in [-0.1, -0.05) is 6.92 Å². The first-order valence-corrected chi connectivity index (χ1v) is 6.50. The van der Waals surface area contributed by atoms with Crippen LogP contribution in [0, 0.1) is 11.7 Å². The Morgan fingerprint density at radius 1 is 1.32 bits per heavy atom. The lowest BCUT2D eigenvalue weighted by molar-refractivity contribution is 0.379. The summed E-state index contributed by atoms with van der Waals surface area (Å²) in [6, 6.07) is 7.61. The molecule has 0 fully saturated rings. The third kappa shape index (κ3) is 2.30. The van der Waals surface area contributed by atoms with Crippen LogP contribution < -0.4 is 5.56 Å². The normalized spacial score (nSPS) is 18.1. The standard InChI is InChI=1S/C15H15FN2O/c1-10-2-7-14-17-13(8-15(19)18(14)9-10)11-3-5-12(16)6-4-11/h3-6,8,10H,2,7,9H2,1H3. The van der Waals surface area contributed by atoms with Gasteiger partial charge in [0.15, 0.2) is 0 Å². The van der Waals surface area contributed by atoms with E-state index in [0.717, 1.165) is 30.8 Å². The predicted octanol–water partition coefficient (Wildman–Crippen LogP) is 2.63. The highest BCUT2D eigenvalue weighted by Crippen LogP contribution is 2.20. The largest absolute Gasteiger partial charge is 0.296 e. The van der Waals surface area contributed by atoms with Gasteiger partial charge in [-0.15, -0.1) is 0 Å². The van der Waals surface area contributed by atoms with Crippen molar-refractivity contribution >= 4 is 0 Å². The molecule has 98 valence electrons. The Morgan fingerprint density at radius 3 is 2.79 bits per heavy atom. The van der Waals surface area contributed by atoms with Crippen LogP contribution in [0.25, 0.3) is 11.3 Å². The minimum absolute atomic E-state index is 0.0177. The van der Waals surface area contributed by atoms with E-state index < -0.39 is 0 Å². The van der Waals surface area contributed by atoms with E-state index in [1.54, 1.807) is 16.7 Å². The molecule has 0 aliphatic carbocycles. The minimum Gasteiger partial charge on any atom is -0.296 e. The molecular weight excluding hydrogens is 243 g/mol. The molecule has 1 unspecified atom stereocenters. The molecule has 3 rings (SSSR count). The summed E-state index contributed by atoms with van der Waals surface area (Å²) in [5, 5.41) is 0. The number of halogens is 1. The Labute approximate surface area is 110 Å². The lowest BCUT2D eigenvalue weighted by atomic mass is 10.0. The molecule has 4 heteroatoms. The highest BCUT2D eigenvalue weighted by molar-refractivity contribution is 5.58. The highest BCUT2D eigenvalue weighted by Gasteiger charge is 2.18. The molecule has 1 aliphatic heterocycles. The quantitative estimate of drug-likeness (QED) is 0.788. The number of benzene rings is 1. The third-order valence-electron chi connectivity index (χ3n) is 3.58. The molecule has 1 aliphatic rings. The first kappa shape index (κ1) is 12.1. The SMILES string of the molecule is CC1CCc2nc(-c3ccc(F)cc3)cc(=O)n2C1. The molecule has 0 N–H and O–H groups in total. The second-order valence-corrected chi connectivity index (χ2v) is 5.16. The van der Waals surface area contributed by atoms with Gasteiger partial charge in [0.1, 0.15) is 11.6 Å². The van der Waals surface area contributed by atoms with E-state index >= 15 is 0 Å². The zero-order chi connectivity index (χ0) is 13.4. The summed E-state index contributed by atoms with van der Waals surface area (Å²) in [7, 11) is 0. The zero-order valence-electron chi connectivity index (χ0n) is 10.8. The number of rotatable bonds is 1. The van der Waals surface area contributed by atoms with Gasteiger partial charge in [0.25, 0.3) is 5.56 Å². The molecular formula is C15H15FN2O. The number of hydrogen-bond acceptors (Lipinski definition) is 2. The van der Waals surface area contributed by atoms with E-state index in [9.17, 15) is 9.18 Å². The monoisotopic (exact) mass is 258 g/mol. The fourth-order valence-electron chi connectivity index (χ4n) is 2.49. The van der Waals surface area contributed by atoms with Crippen molar-refractivity contribution in [2.75, 3.05) is 0 Å². The van der Waals surface area contributed by atoms with Gasteiger partial charge in [-0.3, -0.25) is 9.36 Å². The summed E-state index contributed by atoms with van der Waals surface area (Å²) in [4.78, 5) is 16.7. The van der Waals surface area contributed by atoms with Crippen molar-refractivity contribution in [3.63, 3.8) is 0 Å². The van der Waals surface area contributed by atoms with Crippen molar-refractivity contribution in [3.8, 4) is 11.3 Å². The summed E-state index contributed by atoms with van der Waals surface area (Å²) >= 11 is 0. The van der Waals surface area contributed by atoms with Crippen molar-refractivity contribution in [1.29, 1.82) is 0 Å². The van der Waals surface area contributed by atoms with Crippen LogP contribution in [0.15, 0.2) is 35.1 Å². The van der Waals surface area contributed by atoms with Crippen LogP contribution in [0.3, 0.4) is 0 Å².